The fraction of sp³-hybridized carbons (Fsp3) is 0.778. The lowest BCUT2D eigenvalue weighted by molar-refractivity contribution is -0.159. The number of imide groups is 1. The summed E-state index contributed by atoms with van der Waals surface area (Å²) in [5.74, 6) is -1.48. The number of ether oxygens (including phenoxy) is 2. The Morgan fingerprint density at radius 1 is 0.821 bits per heavy atom. The molecule has 0 aliphatic rings. The molecule has 0 aliphatic carbocycles. The van der Waals surface area contributed by atoms with Gasteiger partial charge in [-0.2, -0.15) is 0 Å². The zero-order valence-electron chi connectivity index (χ0n) is 17.4. The summed E-state index contributed by atoms with van der Waals surface area (Å²) in [6.45, 7) is 7.48. The normalized spacial score (nSPS) is 13.2. The molecular weight excluding hydrogens is 404 g/mol. The number of nitrogens with zero attached hydrogens (tertiary/aromatic N) is 1. The van der Waals surface area contributed by atoms with Crippen LogP contribution in [0.2, 0.25) is 0 Å². The van der Waals surface area contributed by atoms with Gasteiger partial charge in [-0.05, 0) is 11.8 Å². The molecule has 2 amide bonds. The fourth-order valence-electron chi connectivity index (χ4n) is 2.22. The smallest absolute Gasteiger partial charge is 0.329 e. The second kappa shape index (κ2) is 13.8. The lowest BCUT2D eigenvalue weighted by atomic mass is 10.1. The van der Waals surface area contributed by atoms with Gasteiger partial charge in [0.1, 0.15) is 12.1 Å². The maximum Gasteiger partial charge on any atom is 0.329 e. The Hall–Kier alpha value is -1.26. The molecule has 0 radical (unpaired) electrons. The molecule has 2 N–H and O–H groups in total. The van der Waals surface area contributed by atoms with Crippen molar-refractivity contribution < 1.29 is 28.7 Å². The highest BCUT2D eigenvalue weighted by molar-refractivity contribution is 8.76. The van der Waals surface area contributed by atoms with Crippen LogP contribution in [0.5, 0.6) is 0 Å². The molecule has 1 unspecified atom stereocenters. The van der Waals surface area contributed by atoms with Crippen LogP contribution < -0.4 is 5.73 Å². The predicted octanol–water partition coefficient (Wildman–Crippen LogP) is 1.86. The van der Waals surface area contributed by atoms with Gasteiger partial charge in [-0.15, -0.1) is 0 Å². The molecule has 162 valence electrons. The van der Waals surface area contributed by atoms with Crippen molar-refractivity contribution in [3.05, 3.63) is 0 Å². The minimum Gasteiger partial charge on any atom is -0.468 e. The van der Waals surface area contributed by atoms with E-state index < -0.39 is 35.8 Å². The SMILES string of the molecule is COC(=O)C(N)CSSC[C@@H](C(=O)OC)N(C(=O)CC(C)C)C(=O)CC(C)C. The number of nitrogens with two attached hydrogens (primary N) is 1. The van der Waals surface area contributed by atoms with Crippen LogP contribution in [0.1, 0.15) is 40.5 Å². The summed E-state index contributed by atoms with van der Waals surface area (Å²) in [6, 6.07) is -1.82. The van der Waals surface area contributed by atoms with Crippen LogP contribution in [0.3, 0.4) is 0 Å². The second-order valence-corrected chi connectivity index (χ2v) is 9.64. The topological polar surface area (TPSA) is 116 Å². The Balaban J connectivity index is 5.26. The van der Waals surface area contributed by atoms with E-state index in [9.17, 15) is 19.2 Å². The third-order valence-corrected chi connectivity index (χ3v) is 5.98. The quantitative estimate of drug-likeness (QED) is 0.278. The van der Waals surface area contributed by atoms with E-state index in [0.717, 1.165) is 4.90 Å². The third kappa shape index (κ3) is 9.79. The maximum atomic E-state index is 12.7. The number of hydrogen-bond donors (Lipinski definition) is 1. The molecule has 10 heteroatoms. The number of carbonyl (C=O) groups excluding carboxylic acids is 4. The van der Waals surface area contributed by atoms with Gasteiger partial charge in [-0.3, -0.25) is 19.3 Å². The van der Waals surface area contributed by atoms with Gasteiger partial charge in [0.2, 0.25) is 11.8 Å². The first kappa shape index (κ1) is 26.7. The van der Waals surface area contributed by atoms with Gasteiger partial charge in [0, 0.05) is 24.3 Å². The van der Waals surface area contributed by atoms with Crippen molar-refractivity contribution in [1.82, 2.24) is 4.90 Å². The van der Waals surface area contributed by atoms with E-state index >= 15 is 0 Å². The zero-order chi connectivity index (χ0) is 21.9. The molecule has 0 bridgehead atoms. The van der Waals surface area contributed by atoms with Crippen molar-refractivity contribution in [3.63, 3.8) is 0 Å². The maximum absolute atomic E-state index is 12.7. The fourth-order valence-corrected chi connectivity index (χ4v) is 4.51. The van der Waals surface area contributed by atoms with Crippen molar-refractivity contribution >= 4 is 45.3 Å². The molecular formula is C18H32N2O6S2. The Bertz CT molecular complexity index is 520. The van der Waals surface area contributed by atoms with Crippen LogP contribution in [0.15, 0.2) is 0 Å². The van der Waals surface area contributed by atoms with E-state index in [0.29, 0.717) is 0 Å². The molecule has 28 heavy (non-hydrogen) atoms. The molecule has 8 nitrogen and oxygen atoms in total. The minimum absolute atomic E-state index is 0.0419. The van der Waals surface area contributed by atoms with Crippen molar-refractivity contribution in [2.45, 2.75) is 52.6 Å². The first-order chi connectivity index (χ1) is 13.0. The number of carbonyl (C=O) groups is 4. The van der Waals surface area contributed by atoms with Gasteiger partial charge in [0.05, 0.1) is 14.2 Å². The summed E-state index contributed by atoms with van der Waals surface area (Å²) in [6.07, 6.45) is 0.310. The molecule has 0 aromatic heterocycles. The molecule has 0 saturated heterocycles. The summed E-state index contributed by atoms with van der Waals surface area (Å²) in [5, 5.41) is 0. The van der Waals surface area contributed by atoms with Crippen LogP contribution >= 0.6 is 21.6 Å². The molecule has 2 atom stereocenters. The summed E-state index contributed by atoms with van der Waals surface area (Å²) in [5.41, 5.74) is 5.68. The Labute approximate surface area is 175 Å². The monoisotopic (exact) mass is 436 g/mol. The van der Waals surface area contributed by atoms with Crippen molar-refractivity contribution in [2.24, 2.45) is 17.6 Å². The zero-order valence-corrected chi connectivity index (χ0v) is 19.1. The molecule has 0 aromatic rings. The van der Waals surface area contributed by atoms with Crippen LogP contribution in [-0.2, 0) is 28.7 Å². The first-order valence-electron chi connectivity index (χ1n) is 9.05. The van der Waals surface area contributed by atoms with Crippen LogP contribution in [0.4, 0.5) is 0 Å². The third-order valence-electron chi connectivity index (χ3n) is 3.55. The summed E-state index contributed by atoms with van der Waals surface area (Å²) >= 11 is 0. The van der Waals surface area contributed by atoms with Crippen molar-refractivity contribution in [3.8, 4) is 0 Å². The molecule has 0 aromatic carbocycles. The number of methoxy groups -OCH3 is 2. The lowest BCUT2D eigenvalue weighted by Gasteiger charge is -2.29. The predicted molar refractivity (Wildman–Crippen MR) is 111 cm³/mol. The number of rotatable bonds is 12. The lowest BCUT2D eigenvalue weighted by Crippen LogP contribution is -2.51. The van der Waals surface area contributed by atoms with Gasteiger partial charge in [-0.1, -0.05) is 49.3 Å². The standard InChI is InChI=1S/C18H32N2O6S2/c1-11(2)7-15(21)20(16(22)8-12(3)4)14(18(24)26-6)10-28-27-9-13(19)17(23)25-5/h11-14H,7-10,19H2,1-6H3/t13?,14-/m0/s1. The van der Waals surface area contributed by atoms with Gasteiger partial charge in [0.25, 0.3) is 0 Å². The van der Waals surface area contributed by atoms with Crippen LogP contribution in [0, 0.1) is 11.8 Å². The van der Waals surface area contributed by atoms with Crippen LogP contribution in [-0.4, -0.2) is 66.5 Å². The van der Waals surface area contributed by atoms with E-state index in [4.69, 9.17) is 10.5 Å². The Morgan fingerprint density at radius 2 is 1.25 bits per heavy atom. The number of esters is 2. The van der Waals surface area contributed by atoms with E-state index in [1.54, 1.807) is 0 Å². The second-order valence-electron chi connectivity index (χ2n) is 7.09. The van der Waals surface area contributed by atoms with Gasteiger partial charge >= 0.3 is 11.9 Å². The van der Waals surface area contributed by atoms with Crippen molar-refractivity contribution in [2.75, 3.05) is 25.7 Å². The minimum atomic E-state index is -1.03. The summed E-state index contributed by atoms with van der Waals surface area (Å²) in [4.78, 5) is 50.1. The number of hydrogen-bond acceptors (Lipinski definition) is 9. The van der Waals surface area contributed by atoms with E-state index in [1.807, 2.05) is 27.7 Å². The Kier molecular flexibility index (Phi) is 13.2. The van der Waals surface area contributed by atoms with Gasteiger partial charge in [-0.25, -0.2) is 4.79 Å². The van der Waals surface area contributed by atoms with E-state index in [-0.39, 0.29) is 36.2 Å². The average Bonchev–Trinajstić information content (AvgIpc) is 2.60. The number of amides is 2. The highest BCUT2D eigenvalue weighted by Gasteiger charge is 2.35. The molecule has 0 saturated carbocycles. The van der Waals surface area contributed by atoms with E-state index in [1.165, 1.54) is 35.8 Å². The molecule has 0 aliphatic heterocycles. The summed E-state index contributed by atoms with van der Waals surface area (Å²) in [7, 11) is 4.98. The first-order valence-corrected chi connectivity index (χ1v) is 11.5. The highest BCUT2D eigenvalue weighted by atomic mass is 33.1. The van der Waals surface area contributed by atoms with E-state index in [2.05, 4.69) is 4.74 Å². The highest BCUT2D eigenvalue weighted by Crippen LogP contribution is 2.26. The molecule has 0 rings (SSSR count). The molecule has 0 spiro atoms. The molecule has 0 heterocycles. The molecule has 0 fully saturated rings. The van der Waals surface area contributed by atoms with Gasteiger partial charge < -0.3 is 15.2 Å². The van der Waals surface area contributed by atoms with Gasteiger partial charge in [0.15, 0.2) is 0 Å². The van der Waals surface area contributed by atoms with Crippen LogP contribution in [0.25, 0.3) is 0 Å². The largest absolute Gasteiger partial charge is 0.468 e. The Morgan fingerprint density at radius 3 is 1.64 bits per heavy atom. The summed E-state index contributed by atoms with van der Waals surface area (Å²) < 4.78 is 9.39. The van der Waals surface area contributed by atoms with Crippen molar-refractivity contribution in [1.29, 1.82) is 0 Å². The average molecular weight is 437 g/mol.